The molecule has 0 aliphatic heterocycles. The van der Waals surface area contributed by atoms with Gasteiger partial charge in [0, 0.05) is 16.1 Å². The number of ether oxygens (including phenoxy) is 1. The predicted molar refractivity (Wildman–Crippen MR) is 104 cm³/mol. The number of carbonyl (C=O) groups is 2. The molecule has 0 amide bonds. The SMILES string of the molecule is COc1cc(F)ccc1C(=O)c1cc(C(=O)c2cc(Br)ccc2O)ccc1O. The van der Waals surface area contributed by atoms with Crippen LogP contribution < -0.4 is 4.74 Å². The molecule has 5 nitrogen and oxygen atoms in total. The van der Waals surface area contributed by atoms with Gasteiger partial charge in [0.05, 0.1) is 23.8 Å². The zero-order chi connectivity index (χ0) is 20.4. The van der Waals surface area contributed by atoms with E-state index in [1.165, 1.54) is 43.5 Å². The summed E-state index contributed by atoms with van der Waals surface area (Å²) in [5, 5.41) is 20.1. The summed E-state index contributed by atoms with van der Waals surface area (Å²) < 4.78 is 19.0. The third-order valence-electron chi connectivity index (χ3n) is 4.11. The van der Waals surface area contributed by atoms with Crippen LogP contribution in [0.4, 0.5) is 4.39 Å². The second kappa shape index (κ2) is 7.82. The number of rotatable bonds is 5. The first-order chi connectivity index (χ1) is 13.3. The first-order valence-electron chi connectivity index (χ1n) is 8.06. The first kappa shape index (κ1) is 19.6. The lowest BCUT2D eigenvalue weighted by molar-refractivity contribution is 0.103. The van der Waals surface area contributed by atoms with E-state index in [9.17, 15) is 24.2 Å². The zero-order valence-corrected chi connectivity index (χ0v) is 16.2. The van der Waals surface area contributed by atoms with E-state index in [-0.39, 0.29) is 39.5 Å². The highest BCUT2D eigenvalue weighted by molar-refractivity contribution is 9.10. The standard InChI is InChI=1S/C21H14BrFO5/c1-28-19-10-13(23)4-5-14(19)21(27)15-8-11(2-6-17(15)24)20(26)16-9-12(22)3-7-18(16)25/h2-10,24-25H,1H3. The van der Waals surface area contributed by atoms with Crippen molar-refractivity contribution in [1.82, 2.24) is 0 Å². The number of hydrogen-bond donors (Lipinski definition) is 2. The van der Waals surface area contributed by atoms with Gasteiger partial charge in [0.25, 0.3) is 0 Å². The second-order valence-electron chi connectivity index (χ2n) is 5.90. The molecule has 2 N–H and O–H groups in total. The number of phenolic OH excluding ortho intramolecular Hbond substituents is 2. The maximum atomic E-state index is 13.4. The van der Waals surface area contributed by atoms with Crippen molar-refractivity contribution in [2.45, 2.75) is 0 Å². The Hall–Kier alpha value is -3.19. The molecule has 0 atom stereocenters. The summed E-state index contributed by atoms with van der Waals surface area (Å²) in [5.41, 5.74) is 0.0211. The molecule has 142 valence electrons. The van der Waals surface area contributed by atoms with E-state index in [0.717, 1.165) is 12.1 Å². The van der Waals surface area contributed by atoms with Gasteiger partial charge >= 0.3 is 0 Å². The molecule has 3 rings (SSSR count). The molecule has 0 heterocycles. The Kier molecular flexibility index (Phi) is 5.46. The van der Waals surface area contributed by atoms with Gasteiger partial charge in [-0.05, 0) is 48.5 Å². The Bertz CT molecular complexity index is 1090. The van der Waals surface area contributed by atoms with Crippen molar-refractivity contribution < 1.29 is 28.9 Å². The number of methoxy groups -OCH3 is 1. The topological polar surface area (TPSA) is 83.8 Å². The quantitative estimate of drug-likeness (QED) is 0.567. The fourth-order valence-electron chi connectivity index (χ4n) is 2.70. The van der Waals surface area contributed by atoms with Crippen LogP contribution in [-0.2, 0) is 0 Å². The van der Waals surface area contributed by atoms with Crippen LogP contribution in [0.15, 0.2) is 59.1 Å². The van der Waals surface area contributed by atoms with E-state index >= 15 is 0 Å². The number of halogens is 2. The highest BCUT2D eigenvalue weighted by Crippen LogP contribution is 2.30. The van der Waals surface area contributed by atoms with E-state index in [1.54, 1.807) is 6.07 Å². The van der Waals surface area contributed by atoms with Crippen molar-refractivity contribution in [1.29, 1.82) is 0 Å². The van der Waals surface area contributed by atoms with Crippen molar-refractivity contribution in [2.75, 3.05) is 7.11 Å². The number of ketones is 2. The average molecular weight is 445 g/mol. The lowest BCUT2D eigenvalue weighted by Gasteiger charge is -2.11. The molecule has 28 heavy (non-hydrogen) atoms. The zero-order valence-electron chi connectivity index (χ0n) is 14.6. The number of aromatic hydroxyl groups is 2. The minimum Gasteiger partial charge on any atom is -0.507 e. The van der Waals surface area contributed by atoms with Crippen molar-refractivity contribution in [2.24, 2.45) is 0 Å². The minimum atomic E-state index is -0.637. The van der Waals surface area contributed by atoms with Gasteiger partial charge in [0.2, 0.25) is 0 Å². The van der Waals surface area contributed by atoms with Gasteiger partial charge in [-0.15, -0.1) is 0 Å². The van der Waals surface area contributed by atoms with Gasteiger partial charge in [-0.3, -0.25) is 9.59 Å². The predicted octanol–water partition coefficient (Wildman–Crippen LogP) is 4.47. The number of hydrogen-bond acceptors (Lipinski definition) is 5. The lowest BCUT2D eigenvalue weighted by atomic mass is 9.96. The highest BCUT2D eigenvalue weighted by Gasteiger charge is 2.21. The van der Waals surface area contributed by atoms with E-state index in [0.29, 0.717) is 4.47 Å². The van der Waals surface area contributed by atoms with Gasteiger partial charge in [-0.25, -0.2) is 4.39 Å². The number of phenols is 2. The van der Waals surface area contributed by atoms with Gasteiger partial charge in [-0.2, -0.15) is 0 Å². The Morgan fingerprint density at radius 2 is 1.50 bits per heavy atom. The molecular weight excluding hydrogens is 431 g/mol. The third kappa shape index (κ3) is 3.75. The van der Waals surface area contributed by atoms with E-state index < -0.39 is 17.4 Å². The first-order valence-corrected chi connectivity index (χ1v) is 8.85. The van der Waals surface area contributed by atoms with Crippen LogP contribution >= 0.6 is 15.9 Å². The largest absolute Gasteiger partial charge is 0.507 e. The molecule has 0 aromatic heterocycles. The van der Waals surface area contributed by atoms with Crippen molar-refractivity contribution in [3.63, 3.8) is 0 Å². The van der Waals surface area contributed by atoms with Crippen LogP contribution in [-0.4, -0.2) is 28.9 Å². The summed E-state index contributed by atoms with van der Waals surface area (Å²) in [7, 11) is 1.29. The van der Waals surface area contributed by atoms with Crippen LogP contribution in [0.1, 0.15) is 31.8 Å². The van der Waals surface area contributed by atoms with Crippen molar-refractivity contribution in [3.8, 4) is 17.2 Å². The molecule has 0 aliphatic rings. The maximum Gasteiger partial charge on any atom is 0.200 e. The molecule has 3 aromatic rings. The van der Waals surface area contributed by atoms with Crippen molar-refractivity contribution >= 4 is 27.5 Å². The average Bonchev–Trinajstić information content (AvgIpc) is 2.69. The molecule has 0 saturated carbocycles. The summed E-state index contributed by atoms with van der Waals surface area (Å²) in [4.78, 5) is 25.6. The Morgan fingerprint density at radius 3 is 2.18 bits per heavy atom. The summed E-state index contributed by atoms with van der Waals surface area (Å²) in [6.07, 6.45) is 0. The van der Waals surface area contributed by atoms with E-state index in [4.69, 9.17) is 4.74 Å². The smallest absolute Gasteiger partial charge is 0.200 e. The van der Waals surface area contributed by atoms with Crippen LogP contribution in [0.3, 0.4) is 0 Å². The maximum absolute atomic E-state index is 13.4. The fraction of sp³-hybridized carbons (Fsp3) is 0.0476. The van der Waals surface area contributed by atoms with Crippen LogP contribution in [0.5, 0.6) is 17.2 Å². The van der Waals surface area contributed by atoms with Gasteiger partial charge in [-0.1, -0.05) is 15.9 Å². The molecule has 0 saturated heterocycles. The molecule has 0 unspecified atom stereocenters. The number of benzene rings is 3. The molecule has 0 radical (unpaired) electrons. The summed E-state index contributed by atoms with van der Waals surface area (Å²) in [6, 6.07) is 11.6. The van der Waals surface area contributed by atoms with Crippen LogP contribution in [0, 0.1) is 5.82 Å². The molecule has 7 heteroatoms. The molecular formula is C21H14BrFO5. The van der Waals surface area contributed by atoms with Gasteiger partial charge in [0.15, 0.2) is 11.6 Å². The normalized spacial score (nSPS) is 10.5. The lowest BCUT2D eigenvalue weighted by Crippen LogP contribution is -2.08. The second-order valence-corrected chi connectivity index (χ2v) is 6.81. The molecule has 0 aliphatic carbocycles. The monoisotopic (exact) mass is 444 g/mol. The van der Waals surface area contributed by atoms with Crippen LogP contribution in [0.25, 0.3) is 0 Å². The molecule has 0 fully saturated rings. The van der Waals surface area contributed by atoms with Crippen molar-refractivity contribution in [3.05, 3.63) is 87.1 Å². The summed E-state index contributed by atoms with van der Waals surface area (Å²) >= 11 is 3.24. The summed E-state index contributed by atoms with van der Waals surface area (Å²) in [5.74, 6) is -2.29. The number of carbonyl (C=O) groups excluding carboxylic acids is 2. The Morgan fingerprint density at radius 1 is 0.857 bits per heavy atom. The molecule has 0 bridgehead atoms. The fourth-order valence-corrected chi connectivity index (χ4v) is 3.06. The van der Waals surface area contributed by atoms with Gasteiger partial charge in [0.1, 0.15) is 23.1 Å². The Labute approximate surface area is 168 Å². The third-order valence-corrected chi connectivity index (χ3v) is 4.61. The molecule has 3 aromatic carbocycles. The minimum absolute atomic E-state index is 0.00534. The van der Waals surface area contributed by atoms with E-state index in [1.807, 2.05) is 0 Å². The van der Waals surface area contributed by atoms with E-state index in [2.05, 4.69) is 15.9 Å². The molecule has 0 spiro atoms. The Balaban J connectivity index is 2.06. The summed E-state index contributed by atoms with van der Waals surface area (Å²) in [6.45, 7) is 0. The van der Waals surface area contributed by atoms with Gasteiger partial charge < -0.3 is 14.9 Å². The highest BCUT2D eigenvalue weighted by atomic mass is 79.9. The van der Waals surface area contributed by atoms with Crippen LogP contribution in [0.2, 0.25) is 0 Å².